The zero-order valence-corrected chi connectivity index (χ0v) is 36.8. The fourth-order valence-corrected chi connectivity index (χ4v) is 7.33. The van der Waals surface area contributed by atoms with E-state index >= 15 is 0 Å². The van der Waals surface area contributed by atoms with Crippen LogP contribution in [0.4, 0.5) is 5.69 Å². The van der Waals surface area contributed by atoms with E-state index in [-0.39, 0.29) is 49.8 Å². The molecule has 1 aromatic rings. The van der Waals surface area contributed by atoms with Gasteiger partial charge in [-0.25, -0.2) is 4.79 Å². The maximum Gasteiger partial charge on any atom is 0.364 e. The third-order valence-electron chi connectivity index (χ3n) is 11.0. The number of benzene rings is 1. The first-order valence-electron chi connectivity index (χ1n) is 21.4. The van der Waals surface area contributed by atoms with Crippen LogP contribution in [0.1, 0.15) is 52.4 Å². The summed E-state index contributed by atoms with van der Waals surface area (Å²) in [6.45, 7) is -0.685. The Morgan fingerprint density at radius 2 is 1.53 bits per heavy atom. The monoisotopic (exact) mass is 981 g/mol. The van der Waals surface area contributed by atoms with Gasteiger partial charge in [-0.15, -0.1) is 0 Å². The lowest BCUT2D eigenvalue weighted by atomic mass is 9.88. The summed E-state index contributed by atoms with van der Waals surface area (Å²) in [6.07, 6.45) is -26.4. The Hall–Kier alpha value is -4.63. The molecule has 0 aliphatic carbocycles. The molecule has 68 heavy (non-hydrogen) atoms. The van der Waals surface area contributed by atoms with Gasteiger partial charge in [-0.3, -0.25) is 29.3 Å². The van der Waals surface area contributed by atoms with Gasteiger partial charge in [-0.2, -0.15) is 0 Å². The van der Waals surface area contributed by atoms with E-state index in [9.17, 15) is 85.2 Å². The Balaban J connectivity index is 1.27. The summed E-state index contributed by atoms with van der Waals surface area (Å²) in [4.78, 5) is 70.4. The van der Waals surface area contributed by atoms with Gasteiger partial charge in [0.25, 0.3) is 11.5 Å². The number of rotatable bonds is 24. The number of hydrogen-bond acceptors (Lipinski definition) is 24. The number of esters is 2. The topological polar surface area (TPSA) is 429 Å². The van der Waals surface area contributed by atoms with E-state index in [4.69, 9.17) is 33.2 Å². The molecule has 28 heteroatoms. The quantitative estimate of drug-likeness (QED) is 0.0152. The molecule has 3 aliphatic rings. The van der Waals surface area contributed by atoms with E-state index in [1.807, 2.05) is 0 Å². The highest BCUT2D eigenvalue weighted by molar-refractivity contribution is 5.77. The molecular weight excluding hydrogens is 922 g/mol. The number of aliphatic hydroxyl groups is 9. The molecule has 1 aromatic carbocycles. The molecule has 2 amide bonds. The van der Waals surface area contributed by atoms with E-state index in [2.05, 4.69) is 15.4 Å². The number of carbonyl (C=O) groups excluding carboxylic acids is 4. The molecule has 384 valence electrons. The number of carboxylic acid groups (broad SMARTS) is 1. The molecule has 28 nitrogen and oxygen atoms in total. The molecule has 16 atom stereocenters. The second kappa shape index (κ2) is 25.8. The highest BCUT2D eigenvalue weighted by atomic mass is 16.8. The van der Waals surface area contributed by atoms with Crippen LogP contribution in [-0.4, -0.2) is 216 Å². The van der Waals surface area contributed by atoms with E-state index in [1.54, 1.807) is 0 Å². The van der Waals surface area contributed by atoms with Crippen molar-refractivity contribution in [2.45, 2.75) is 150 Å². The van der Waals surface area contributed by atoms with Gasteiger partial charge in [0.1, 0.15) is 79.5 Å². The summed E-state index contributed by atoms with van der Waals surface area (Å²) in [6, 6.07) is 3.42. The fourth-order valence-electron chi connectivity index (χ4n) is 7.33. The van der Waals surface area contributed by atoms with Crippen molar-refractivity contribution >= 4 is 35.4 Å². The van der Waals surface area contributed by atoms with Gasteiger partial charge in [-0.1, -0.05) is 0 Å². The number of ether oxygens (including phenoxy) is 8. The number of non-ortho nitro benzene ring substituents is 1. The molecule has 0 saturated carbocycles. The molecule has 3 saturated heterocycles. The third-order valence-corrected chi connectivity index (χ3v) is 11.0. The van der Waals surface area contributed by atoms with Gasteiger partial charge in [0.2, 0.25) is 11.8 Å². The molecular formula is C40H59N3O25. The number of nitrogens with zero attached hydrogens (tertiary/aromatic N) is 1. The van der Waals surface area contributed by atoms with Crippen molar-refractivity contribution in [3.05, 3.63) is 34.4 Å². The molecule has 3 heterocycles. The van der Waals surface area contributed by atoms with Crippen LogP contribution in [0, 0.1) is 10.1 Å². The lowest BCUT2D eigenvalue weighted by Crippen LogP contribution is -2.68. The molecule has 3 fully saturated rings. The Bertz CT molecular complexity index is 1840. The SMILES string of the molecule is CC(=O)N[C@H]1[C@H]([C@H](O)[C@H](O)COC(C)=O)O[C@@](OC[C@H]2O[C@@H](O[C@H]3[C@H](O)[C@@H](O)[C@H](OCCCNC(=O)CCCCC(=O)Oc4ccc([N+](=O)[O-])cc4)O[C@@H]3CO)[C@H](O)[C@@H](O)[C@H]2O)(C(=O)O)C[C@@H]1O. The number of aliphatic carboxylic acids is 1. The van der Waals surface area contributed by atoms with Crippen molar-refractivity contribution in [1.82, 2.24) is 10.6 Å². The Morgan fingerprint density at radius 1 is 0.882 bits per heavy atom. The summed E-state index contributed by atoms with van der Waals surface area (Å²) in [5, 5.41) is 123. The summed E-state index contributed by atoms with van der Waals surface area (Å²) < 4.78 is 43.4. The zero-order valence-electron chi connectivity index (χ0n) is 36.8. The minimum atomic E-state index is -2.91. The van der Waals surface area contributed by atoms with Crippen LogP contribution < -0.4 is 15.4 Å². The van der Waals surface area contributed by atoms with E-state index in [0.717, 1.165) is 13.8 Å². The second-order valence-corrected chi connectivity index (χ2v) is 16.1. The van der Waals surface area contributed by atoms with E-state index in [1.165, 1.54) is 24.3 Å². The van der Waals surface area contributed by atoms with Crippen molar-refractivity contribution < 1.29 is 118 Å². The molecule has 0 spiro atoms. The predicted molar refractivity (Wildman–Crippen MR) is 218 cm³/mol. The number of hydrogen-bond donors (Lipinski definition) is 12. The van der Waals surface area contributed by atoms with Crippen molar-refractivity contribution in [2.75, 3.05) is 33.0 Å². The van der Waals surface area contributed by atoms with Crippen LogP contribution in [0.25, 0.3) is 0 Å². The third kappa shape index (κ3) is 15.2. The van der Waals surface area contributed by atoms with Crippen LogP contribution in [0.3, 0.4) is 0 Å². The lowest BCUT2D eigenvalue weighted by molar-refractivity contribution is -0.384. The van der Waals surface area contributed by atoms with E-state index in [0.29, 0.717) is 12.8 Å². The number of amides is 2. The molecule has 0 unspecified atom stereocenters. The highest BCUT2D eigenvalue weighted by Gasteiger charge is 2.57. The summed E-state index contributed by atoms with van der Waals surface area (Å²) in [5.41, 5.74) is -0.160. The van der Waals surface area contributed by atoms with Gasteiger partial charge in [0.15, 0.2) is 12.6 Å². The average molecular weight is 982 g/mol. The number of nitro groups is 1. The van der Waals surface area contributed by atoms with Gasteiger partial charge in [0, 0.05) is 51.8 Å². The van der Waals surface area contributed by atoms with Gasteiger partial charge < -0.3 is 99.6 Å². The average Bonchev–Trinajstić information content (AvgIpc) is 3.29. The largest absolute Gasteiger partial charge is 0.477 e. The lowest BCUT2D eigenvalue weighted by Gasteiger charge is -2.48. The van der Waals surface area contributed by atoms with Crippen LogP contribution in [0.2, 0.25) is 0 Å². The van der Waals surface area contributed by atoms with E-state index < -0.39 is 153 Å². The first-order chi connectivity index (χ1) is 32.1. The predicted octanol–water partition coefficient (Wildman–Crippen LogP) is -5.05. The fraction of sp³-hybridized carbons (Fsp3) is 0.725. The standard InChI is InChI=1S/C40H59N3O25/c1-18(45)42-28-22(47)14-40(39(57)58,68-36(28)29(51)23(48)16-62-19(2)46)63-17-25-30(52)31(53)33(55)38(66-25)67-35-24(15-44)65-37(34(56)32(35)54)61-13-5-12-41-26(49)6-3-4-7-27(50)64-21-10-8-20(9-11-21)43(59)60/h8-11,22-25,28-38,44,47-48,51-56H,3-7,12-17H2,1-2H3,(H,41,49)(H,42,45)(H,57,58)/t22-,23+,24+,25+,28+,29+,30-,31-,32+,33+,34+,35+,36+,37+,38-,40+/m0/s1. The van der Waals surface area contributed by atoms with Crippen LogP contribution in [-0.2, 0) is 57.1 Å². The molecule has 3 aliphatic heterocycles. The Morgan fingerprint density at radius 3 is 2.15 bits per heavy atom. The molecule has 12 N–H and O–H groups in total. The number of aliphatic hydroxyl groups excluding tert-OH is 9. The van der Waals surface area contributed by atoms with Crippen molar-refractivity contribution in [3.63, 3.8) is 0 Å². The van der Waals surface area contributed by atoms with Gasteiger partial charge in [-0.05, 0) is 31.4 Å². The molecule has 0 radical (unpaired) electrons. The maximum absolute atomic E-state index is 12.7. The Labute approximate surface area is 386 Å². The van der Waals surface area contributed by atoms with Crippen molar-refractivity contribution in [1.29, 1.82) is 0 Å². The highest BCUT2D eigenvalue weighted by Crippen LogP contribution is 2.36. The maximum atomic E-state index is 12.7. The van der Waals surface area contributed by atoms with Crippen LogP contribution >= 0.6 is 0 Å². The van der Waals surface area contributed by atoms with Gasteiger partial charge in [0.05, 0.1) is 36.9 Å². The van der Waals surface area contributed by atoms with Crippen molar-refractivity contribution in [3.8, 4) is 5.75 Å². The number of carbonyl (C=O) groups is 5. The molecule has 4 rings (SSSR count). The second-order valence-electron chi connectivity index (χ2n) is 16.1. The first kappa shape index (κ1) is 56.0. The summed E-state index contributed by atoms with van der Waals surface area (Å²) >= 11 is 0. The summed E-state index contributed by atoms with van der Waals surface area (Å²) in [5.74, 6) is -7.21. The smallest absolute Gasteiger partial charge is 0.364 e. The number of unbranched alkanes of at least 4 members (excludes halogenated alkanes) is 1. The van der Waals surface area contributed by atoms with Gasteiger partial charge >= 0.3 is 17.9 Å². The Kier molecular flexibility index (Phi) is 21.3. The minimum absolute atomic E-state index is 0.00442. The number of nitro benzene ring substituents is 1. The minimum Gasteiger partial charge on any atom is -0.477 e. The van der Waals surface area contributed by atoms with Crippen LogP contribution in [0.15, 0.2) is 24.3 Å². The van der Waals surface area contributed by atoms with Crippen molar-refractivity contribution in [2.24, 2.45) is 0 Å². The number of nitrogens with one attached hydrogen (secondary N) is 2. The molecule has 0 aromatic heterocycles. The zero-order chi connectivity index (χ0) is 50.5. The molecule has 0 bridgehead atoms. The number of carboxylic acids is 1. The normalized spacial score (nSPS) is 32.5. The van der Waals surface area contributed by atoms with Crippen LogP contribution in [0.5, 0.6) is 5.75 Å². The summed E-state index contributed by atoms with van der Waals surface area (Å²) in [7, 11) is 0. The first-order valence-corrected chi connectivity index (χ1v) is 21.4.